The van der Waals surface area contributed by atoms with E-state index >= 15 is 0 Å². The van der Waals surface area contributed by atoms with Crippen LogP contribution in [0.25, 0.3) is 0 Å². The van der Waals surface area contributed by atoms with Crippen molar-refractivity contribution in [2.45, 2.75) is 57.1 Å². The van der Waals surface area contributed by atoms with Crippen molar-refractivity contribution in [1.29, 1.82) is 0 Å². The molecule has 0 saturated carbocycles. The van der Waals surface area contributed by atoms with Crippen LogP contribution in [0.15, 0.2) is 30.3 Å². The number of nitrogens with zero attached hydrogens (tertiary/aromatic N) is 3. The highest BCUT2D eigenvalue weighted by Gasteiger charge is 2.43. The van der Waals surface area contributed by atoms with E-state index in [1.807, 2.05) is 35.2 Å². The predicted octanol–water partition coefficient (Wildman–Crippen LogP) is 2.53. The lowest BCUT2D eigenvalue weighted by Gasteiger charge is -2.29. The summed E-state index contributed by atoms with van der Waals surface area (Å²) in [5, 5.41) is 0. The van der Waals surface area contributed by atoms with Gasteiger partial charge in [-0.2, -0.15) is 0 Å². The zero-order chi connectivity index (χ0) is 20.1. The van der Waals surface area contributed by atoms with E-state index in [4.69, 9.17) is 4.74 Å². The molecule has 1 aromatic rings. The molecule has 0 spiro atoms. The Morgan fingerprint density at radius 2 is 1.55 bits per heavy atom. The molecule has 3 fully saturated rings. The molecule has 2 atom stereocenters. The average Bonchev–Trinajstić information content (AvgIpc) is 3.35. The molecule has 0 unspecified atom stereocenters. The van der Waals surface area contributed by atoms with Gasteiger partial charge in [0.2, 0.25) is 11.8 Å². The first-order chi connectivity index (χ1) is 14.2. The molecule has 29 heavy (non-hydrogen) atoms. The molecule has 0 aromatic heterocycles. The molecule has 0 N–H and O–H groups in total. The number of amides is 2. The van der Waals surface area contributed by atoms with Crippen molar-refractivity contribution in [3.05, 3.63) is 30.3 Å². The molecule has 4 rings (SSSR count). The zero-order valence-electron chi connectivity index (χ0n) is 17.3. The maximum Gasteiger partial charge on any atom is 0.245 e. The van der Waals surface area contributed by atoms with Crippen LogP contribution in [0.3, 0.4) is 0 Å². The van der Waals surface area contributed by atoms with E-state index < -0.39 is 0 Å². The first-order valence-corrected chi connectivity index (χ1v) is 11.2. The lowest BCUT2D eigenvalue weighted by atomic mass is 10.1. The number of ether oxygens (including phenoxy) is 1. The maximum atomic E-state index is 13.2. The van der Waals surface area contributed by atoms with Gasteiger partial charge in [0.05, 0.1) is 13.1 Å². The highest BCUT2D eigenvalue weighted by Crippen LogP contribution is 2.26. The highest BCUT2D eigenvalue weighted by atomic mass is 16.5. The SMILES string of the molecule is O=C([C@@H]1C[C@H](Oc2ccccc2)CN1C(=O)CN1CCCCCC1)N1CCCC1. The summed E-state index contributed by atoms with van der Waals surface area (Å²) in [5.41, 5.74) is 0. The van der Waals surface area contributed by atoms with Crippen molar-refractivity contribution in [2.75, 3.05) is 39.3 Å². The number of benzene rings is 1. The van der Waals surface area contributed by atoms with Gasteiger partial charge in [-0.3, -0.25) is 14.5 Å². The Bertz CT molecular complexity index is 682. The monoisotopic (exact) mass is 399 g/mol. The lowest BCUT2D eigenvalue weighted by molar-refractivity contribution is -0.143. The van der Waals surface area contributed by atoms with Gasteiger partial charge in [-0.25, -0.2) is 0 Å². The Balaban J connectivity index is 1.44. The second-order valence-electron chi connectivity index (χ2n) is 8.57. The van der Waals surface area contributed by atoms with Gasteiger partial charge in [-0.15, -0.1) is 0 Å². The average molecular weight is 400 g/mol. The number of para-hydroxylation sites is 1. The smallest absolute Gasteiger partial charge is 0.245 e. The Kier molecular flexibility index (Phi) is 6.70. The standard InChI is InChI=1S/C23H33N3O3/c27-22(18-24-12-6-1-2-7-13-24)26-17-20(29-19-10-4-3-5-11-19)16-21(26)23(28)25-14-8-9-15-25/h3-5,10-11,20-21H,1-2,6-9,12-18H2/t20-,21-/m0/s1. The molecule has 6 nitrogen and oxygen atoms in total. The Morgan fingerprint density at radius 3 is 2.24 bits per heavy atom. The number of carbonyl (C=O) groups excluding carboxylic acids is 2. The molecule has 0 bridgehead atoms. The second kappa shape index (κ2) is 9.61. The summed E-state index contributed by atoms with van der Waals surface area (Å²) in [6, 6.07) is 9.32. The summed E-state index contributed by atoms with van der Waals surface area (Å²) in [7, 11) is 0. The van der Waals surface area contributed by atoms with E-state index in [9.17, 15) is 9.59 Å². The summed E-state index contributed by atoms with van der Waals surface area (Å²) < 4.78 is 6.13. The van der Waals surface area contributed by atoms with Gasteiger partial charge < -0.3 is 14.5 Å². The molecule has 0 aliphatic carbocycles. The summed E-state index contributed by atoms with van der Waals surface area (Å²) >= 11 is 0. The van der Waals surface area contributed by atoms with Crippen LogP contribution in [0, 0.1) is 0 Å². The minimum absolute atomic E-state index is 0.0728. The molecule has 1 aromatic carbocycles. The third-order valence-electron chi connectivity index (χ3n) is 6.39. The predicted molar refractivity (Wildman–Crippen MR) is 112 cm³/mol. The van der Waals surface area contributed by atoms with Crippen molar-refractivity contribution in [3.8, 4) is 5.75 Å². The molecule has 3 aliphatic heterocycles. The summed E-state index contributed by atoms with van der Waals surface area (Å²) in [6.45, 7) is 4.50. The lowest BCUT2D eigenvalue weighted by Crippen LogP contribution is -2.49. The van der Waals surface area contributed by atoms with E-state index in [-0.39, 0.29) is 24.0 Å². The Hall–Kier alpha value is -2.08. The number of hydrogen-bond acceptors (Lipinski definition) is 4. The largest absolute Gasteiger partial charge is 0.488 e. The van der Waals surface area contributed by atoms with Crippen LogP contribution in [0.4, 0.5) is 0 Å². The van der Waals surface area contributed by atoms with Crippen LogP contribution in [-0.4, -0.2) is 77.9 Å². The van der Waals surface area contributed by atoms with E-state index in [1.54, 1.807) is 4.90 Å². The van der Waals surface area contributed by atoms with Gasteiger partial charge in [0.15, 0.2) is 0 Å². The molecule has 6 heteroatoms. The fourth-order valence-electron chi connectivity index (χ4n) is 4.81. The van der Waals surface area contributed by atoms with Crippen molar-refractivity contribution in [1.82, 2.24) is 14.7 Å². The van der Waals surface area contributed by atoms with E-state index in [2.05, 4.69) is 4.90 Å². The van der Waals surface area contributed by atoms with Gasteiger partial charge in [0.25, 0.3) is 0 Å². The van der Waals surface area contributed by atoms with E-state index in [0.29, 0.717) is 19.5 Å². The number of likely N-dealkylation sites (tertiary alicyclic amines) is 3. The Morgan fingerprint density at radius 1 is 0.897 bits per heavy atom. The summed E-state index contributed by atoms with van der Waals surface area (Å²) in [6.07, 6.45) is 7.37. The molecule has 3 heterocycles. The normalized spacial score (nSPS) is 25.8. The van der Waals surface area contributed by atoms with Crippen LogP contribution < -0.4 is 4.74 Å². The Labute approximate surface area is 173 Å². The third kappa shape index (κ3) is 5.10. The number of rotatable bonds is 5. The molecule has 3 aliphatic rings. The number of carbonyl (C=O) groups is 2. The molecule has 158 valence electrons. The molecular formula is C23H33N3O3. The van der Waals surface area contributed by atoms with Gasteiger partial charge in [0, 0.05) is 19.5 Å². The third-order valence-corrected chi connectivity index (χ3v) is 6.39. The second-order valence-corrected chi connectivity index (χ2v) is 8.57. The van der Waals surface area contributed by atoms with E-state index in [1.165, 1.54) is 12.8 Å². The summed E-state index contributed by atoms with van der Waals surface area (Å²) in [5.74, 6) is 0.973. The maximum absolute atomic E-state index is 13.2. The van der Waals surface area contributed by atoms with Crippen molar-refractivity contribution >= 4 is 11.8 Å². The molecular weight excluding hydrogens is 366 g/mol. The van der Waals surface area contributed by atoms with Crippen molar-refractivity contribution in [2.24, 2.45) is 0 Å². The topological polar surface area (TPSA) is 53.1 Å². The van der Waals surface area contributed by atoms with Crippen LogP contribution >= 0.6 is 0 Å². The van der Waals surface area contributed by atoms with Gasteiger partial charge in [-0.05, 0) is 50.9 Å². The fraction of sp³-hybridized carbons (Fsp3) is 0.652. The summed E-state index contributed by atoms with van der Waals surface area (Å²) in [4.78, 5) is 32.4. The van der Waals surface area contributed by atoms with Crippen LogP contribution in [0.1, 0.15) is 44.9 Å². The zero-order valence-corrected chi connectivity index (χ0v) is 17.3. The molecule has 0 radical (unpaired) electrons. The minimum Gasteiger partial charge on any atom is -0.488 e. The first-order valence-electron chi connectivity index (χ1n) is 11.2. The van der Waals surface area contributed by atoms with Crippen LogP contribution in [0.5, 0.6) is 5.75 Å². The van der Waals surface area contributed by atoms with Gasteiger partial charge in [-0.1, -0.05) is 31.0 Å². The van der Waals surface area contributed by atoms with E-state index in [0.717, 1.165) is 57.6 Å². The molecule has 3 saturated heterocycles. The highest BCUT2D eigenvalue weighted by molar-refractivity contribution is 5.89. The van der Waals surface area contributed by atoms with Gasteiger partial charge in [0.1, 0.15) is 17.9 Å². The fourth-order valence-corrected chi connectivity index (χ4v) is 4.81. The van der Waals surface area contributed by atoms with Crippen LogP contribution in [0.2, 0.25) is 0 Å². The molecule has 2 amide bonds. The van der Waals surface area contributed by atoms with Gasteiger partial charge >= 0.3 is 0 Å². The first kappa shape index (κ1) is 20.2. The van der Waals surface area contributed by atoms with Crippen molar-refractivity contribution in [3.63, 3.8) is 0 Å². The quantitative estimate of drug-likeness (QED) is 0.764. The number of hydrogen-bond donors (Lipinski definition) is 0. The minimum atomic E-state index is -0.388. The van der Waals surface area contributed by atoms with Crippen molar-refractivity contribution < 1.29 is 14.3 Å². The van der Waals surface area contributed by atoms with Crippen LogP contribution in [-0.2, 0) is 9.59 Å².